The first kappa shape index (κ1) is 19.1. The quantitative estimate of drug-likeness (QED) is 0.820. The Balaban J connectivity index is 0.00000208. The first-order valence-corrected chi connectivity index (χ1v) is 8.97. The molecule has 0 aliphatic carbocycles. The maximum atomic E-state index is 10.1. The molecular formula is C17H25ClN4OS. The molecule has 2 aromatic rings. The molecule has 0 aromatic carbocycles. The van der Waals surface area contributed by atoms with Gasteiger partial charge in [0.1, 0.15) is 5.75 Å². The lowest BCUT2D eigenvalue weighted by molar-refractivity contribution is 0.216. The average Bonchev–Trinajstić information content (AvgIpc) is 3.16. The van der Waals surface area contributed by atoms with Gasteiger partial charge in [-0.05, 0) is 51.4 Å². The van der Waals surface area contributed by atoms with Gasteiger partial charge in [-0.25, -0.2) is 4.98 Å². The van der Waals surface area contributed by atoms with Crippen LogP contribution in [-0.2, 0) is 13.1 Å². The smallest absolute Gasteiger partial charge is 0.138 e. The van der Waals surface area contributed by atoms with Crippen molar-refractivity contribution in [3.63, 3.8) is 0 Å². The van der Waals surface area contributed by atoms with Gasteiger partial charge in [0.15, 0.2) is 0 Å². The van der Waals surface area contributed by atoms with Crippen molar-refractivity contribution in [2.45, 2.75) is 33.4 Å². The molecule has 3 rings (SSSR count). The van der Waals surface area contributed by atoms with Crippen LogP contribution in [0.25, 0.3) is 0 Å². The van der Waals surface area contributed by atoms with Gasteiger partial charge in [-0.2, -0.15) is 0 Å². The molecule has 2 aromatic heterocycles. The second-order valence-electron chi connectivity index (χ2n) is 6.31. The molecule has 1 atom stereocenters. The number of aryl methyl sites for hydroxylation is 2. The normalized spacial score (nSPS) is 17.2. The summed E-state index contributed by atoms with van der Waals surface area (Å²) >= 11 is 1.70. The van der Waals surface area contributed by atoms with E-state index in [4.69, 9.17) is 0 Å². The highest BCUT2D eigenvalue weighted by molar-refractivity contribution is 7.09. The van der Waals surface area contributed by atoms with Crippen molar-refractivity contribution in [3.05, 3.63) is 39.6 Å². The number of nitrogens with one attached hydrogen (secondary N) is 1. The van der Waals surface area contributed by atoms with Gasteiger partial charge in [0.2, 0.25) is 0 Å². The molecule has 0 radical (unpaired) electrons. The molecule has 5 nitrogen and oxygen atoms in total. The standard InChI is InChI=1S/C17H24N4OS.ClH/c1-12-3-4-16(22)15(20-12)9-21(8-14-5-6-18-7-14)10-17-13(2)19-11-23-17;/h3-4,11,14,18,22H,5-10H2,1-2H3;1H. The van der Waals surface area contributed by atoms with E-state index < -0.39 is 0 Å². The number of hydrogen-bond acceptors (Lipinski definition) is 6. The van der Waals surface area contributed by atoms with Gasteiger partial charge in [0.25, 0.3) is 0 Å². The number of pyridine rings is 1. The largest absolute Gasteiger partial charge is 0.506 e. The third-order valence-corrected chi connectivity index (χ3v) is 5.27. The Morgan fingerprint density at radius 1 is 1.33 bits per heavy atom. The predicted molar refractivity (Wildman–Crippen MR) is 99.8 cm³/mol. The lowest BCUT2D eigenvalue weighted by Crippen LogP contribution is -2.30. The number of nitrogens with zero attached hydrogens (tertiary/aromatic N) is 3. The van der Waals surface area contributed by atoms with E-state index >= 15 is 0 Å². The molecule has 0 bridgehead atoms. The molecule has 7 heteroatoms. The molecule has 0 saturated carbocycles. The molecule has 1 aliphatic heterocycles. The third kappa shape index (κ3) is 4.89. The highest BCUT2D eigenvalue weighted by atomic mass is 35.5. The van der Waals surface area contributed by atoms with Crippen LogP contribution >= 0.6 is 23.7 Å². The van der Waals surface area contributed by atoms with Crippen LogP contribution in [0.2, 0.25) is 0 Å². The van der Waals surface area contributed by atoms with Crippen molar-refractivity contribution in [3.8, 4) is 5.75 Å². The fourth-order valence-electron chi connectivity index (χ4n) is 3.03. The van der Waals surface area contributed by atoms with Gasteiger partial charge < -0.3 is 10.4 Å². The van der Waals surface area contributed by atoms with E-state index in [9.17, 15) is 5.11 Å². The lowest BCUT2D eigenvalue weighted by atomic mass is 10.1. The van der Waals surface area contributed by atoms with E-state index in [0.29, 0.717) is 12.5 Å². The Morgan fingerprint density at radius 2 is 2.17 bits per heavy atom. The van der Waals surface area contributed by atoms with E-state index in [1.54, 1.807) is 17.4 Å². The number of halogens is 1. The molecular weight excluding hydrogens is 344 g/mol. The second kappa shape index (κ2) is 8.76. The van der Waals surface area contributed by atoms with Crippen molar-refractivity contribution < 1.29 is 5.11 Å². The first-order chi connectivity index (χ1) is 11.1. The number of thiazole rings is 1. The molecule has 1 aliphatic rings. The maximum Gasteiger partial charge on any atom is 0.138 e. The van der Waals surface area contributed by atoms with E-state index in [0.717, 1.165) is 43.3 Å². The number of aromatic hydroxyl groups is 1. The molecule has 3 heterocycles. The topological polar surface area (TPSA) is 61.3 Å². The van der Waals surface area contributed by atoms with Gasteiger partial charge >= 0.3 is 0 Å². The van der Waals surface area contributed by atoms with Crippen molar-refractivity contribution >= 4 is 23.7 Å². The van der Waals surface area contributed by atoms with Crippen LogP contribution in [0.1, 0.15) is 28.4 Å². The van der Waals surface area contributed by atoms with Crippen LogP contribution in [0.3, 0.4) is 0 Å². The van der Waals surface area contributed by atoms with Gasteiger partial charge in [0.05, 0.1) is 16.9 Å². The van der Waals surface area contributed by atoms with Crippen LogP contribution in [-0.4, -0.2) is 39.6 Å². The highest BCUT2D eigenvalue weighted by Crippen LogP contribution is 2.22. The molecule has 1 fully saturated rings. The maximum absolute atomic E-state index is 10.1. The number of hydrogen-bond donors (Lipinski definition) is 2. The van der Waals surface area contributed by atoms with E-state index in [-0.39, 0.29) is 18.2 Å². The number of rotatable bonds is 6. The minimum Gasteiger partial charge on any atom is -0.506 e. The van der Waals surface area contributed by atoms with Crippen LogP contribution in [0.15, 0.2) is 17.6 Å². The summed E-state index contributed by atoms with van der Waals surface area (Å²) in [5.74, 6) is 0.946. The first-order valence-electron chi connectivity index (χ1n) is 8.09. The van der Waals surface area contributed by atoms with E-state index in [1.165, 1.54) is 11.3 Å². The summed E-state index contributed by atoms with van der Waals surface area (Å²) in [5, 5.41) is 13.5. The van der Waals surface area contributed by atoms with Crippen LogP contribution in [0.4, 0.5) is 0 Å². The molecule has 0 spiro atoms. The van der Waals surface area contributed by atoms with Gasteiger partial charge in [0, 0.05) is 30.2 Å². The Labute approximate surface area is 153 Å². The molecule has 0 amide bonds. The summed E-state index contributed by atoms with van der Waals surface area (Å²) in [7, 11) is 0. The zero-order valence-corrected chi connectivity index (χ0v) is 15.8. The minimum absolute atomic E-state index is 0. The predicted octanol–water partition coefficient (Wildman–Crippen LogP) is 2.89. The second-order valence-corrected chi connectivity index (χ2v) is 7.25. The minimum atomic E-state index is 0. The summed E-state index contributed by atoms with van der Waals surface area (Å²) < 4.78 is 0. The zero-order chi connectivity index (χ0) is 16.2. The van der Waals surface area contributed by atoms with Gasteiger partial charge in [-0.15, -0.1) is 23.7 Å². The van der Waals surface area contributed by atoms with Gasteiger partial charge in [-0.1, -0.05) is 0 Å². The van der Waals surface area contributed by atoms with Crippen molar-refractivity contribution in [1.82, 2.24) is 20.2 Å². The highest BCUT2D eigenvalue weighted by Gasteiger charge is 2.21. The summed E-state index contributed by atoms with van der Waals surface area (Å²) in [6, 6.07) is 3.59. The Bertz CT molecular complexity index is 658. The fraction of sp³-hybridized carbons (Fsp3) is 0.529. The van der Waals surface area contributed by atoms with Crippen LogP contribution in [0, 0.1) is 19.8 Å². The number of aromatic nitrogens is 2. The lowest BCUT2D eigenvalue weighted by Gasteiger charge is -2.25. The summed E-state index contributed by atoms with van der Waals surface area (Å²) in [5.41, 5.74) is 4.71. The molecule has 1 unspecified atom stereocenters. The van der Waals surface area contributed by atoms with Crippen molar-refractivity contribution in [2.75, 3.05) is 19.6 Å². The van der Waals surface area contributed by atoms with Crippen LogP contribution in [0.5, 0.6) is 5.75 Å². The molecule has 1 saturated heterocycles. The Morgan fingerprint density at radius 3 is 2.83 bits per heavy atom. The summed E-state index contributed by atoms with van der Waals surface area (Å²) in [4.78, 5) is 12.6. The Hall–Kier alpha value is -1.21. The monoisotopic (exact) mass is 368 g/mol. The summed E-state index contributed by atoms with van der Waals surface area (Å²) in [6.45, 7) is 8.74. The SMILES string of the molecule is Cc1ccc(O)c(CN(Cc2scnc2C)CC2CCNC2)n1.Cl. The Kier molecular flexibility index (Phi) is 6.98. The zero-order valence-electron chi connectivity index (χ0n) is 14.2. The van der Waals surface area contributed by atoms with E-state index in [1.807, 2.05) is 18.5 Å². The summed E-state index contributed by atoms with van der Waals surface area (Å²) in [6.07, 6.45) is 1.21. The van der Waals surface area contributed by atoms with Gasteiger partial charge in [-0.3, -0.25) is 9.88 Å². The van der Waals surface area contributed by atoms with Crippen molar-refractivity contribution in [2.24, 2.45) is 5.92 Å². The van der Waals surface area contributed by atoms with E-state index in [2.05, 4.69) is 27.1 Å². The third-order valence-electron chi connectivity index (χ3n) is 4.35. The average molecular weight is 369 g/mol. The van der Waals surface area contributed by atoms with Crippen LogP contribution < -0.4 is 5.32 Å². The van der Waals surface area contributed by atoms with Crippen molar-refractivity contribution in [1.29, 1.82) is 0 Å². The molecule has 24 heavy (non-hydrogen) atoms. The molecule has 2 N–H and O–H groups in total. The molecule has 132 valence electrons. The fourth-order valence-corrected chi connectivity index (χ4v) is 3.85.